The van der Waals surface area contributed by atoms with Crippen LogP contribution in [0, 0.1) is 10.8 Å². The molecule has 0 aromatic rings. The van der Waals surface area contributed by atoms with Gasteiger partial charge in [-0.1, -0.05) is 27.7 Å². The Morgan fingerprint density at radius 2 is 1.44 bits per heavy atom. The highest BCUT2D eigenvalue weighted by atomic mass is 16.6. The summed E-state index contributed by atoms with van der Waals surface area (Å²) in [6.07, 6.45) is 1.69. The molecule has 0 aliphatic carbocycles. The quantitative estimate of drug-likeness (QED) is 0.684. The molecule has 1 amide bonds. The maximum absolute atomic E-state index is 12.7. The van der Waals surface area contributed by atoms with Gasteiger partial charge in [0.25, 0.3) is 0 Å². The molecule has 146 valence electrons. The van der Waals surface area contributed by atoms with E-state index in [-0.39, 0.29) is 17.5 Å². The van der Waals surface area contributed by atoms with Gasteiger partial charge in [-0.15, -0.1) is 0 Å². The van der Waals surface area contributed by atoms with E-state index in [9.17, 15) is 9.59 Å². The zero-order valence-electron chi connectivity index (χ0n) is 17.6. The summed E-state index contributed by atoms with van der Waals surface area (Å²) < 4.78 is 11.6. The lowest BCUT2D eigenvalue weighted by Crippen LogP contribution is -2.56. The number of rotatable bonds is 3. The van der Waals surface area contributed by atoms with E-state index in [1.807, 2.05) is 41.5 Å². The van der Waals surface area contributed by atoms with Gasteiger partial charge in [-0.2, -0.15) is 0 Å². The van der Waals surface area contributed by atoms with Gasteiger partial charge >= 0.3 is 12.1 Å². The molecule has 0 bridgehead atoms. The molecule has 0 radical (unpaired) electrons. The molecule has 0 N–H and O–H groups in total. The van der Waals surface area contributed by atoms with E-state index in [0.717, 1.165) is 6.42 Å². The zero-order chi connectivity index (χ0) is 19.7. The SMILES string of the molecule is CCC(C)(C)C(=O)OC1(C(C)(C)C)CCN(C(=O)OC(C)(C)C)CC1. The molecule has 0 aromatic carbocycles. The summed E-state index contributed by atoms with van der Waals surface area (Å²) in [4.78, 5) is 26.7. The molecular formula is C20H37NO4. The van der Waals surface area contributed by atoms with Crippen LogP contribution in [0.2, 0.25) is 0 Å². The van der Waals surface area contributed by atoms with Crippen molar-refractivity contribution in [2.24, 2.45) is 10.8 Å². The molecule has 0 saturated carbocycles. The van der Waals surface area contributed by atoms with Crippen molar-refractivity contribution in [2.75, 3.05) is 13.1 Å². The Bertz CT molecular complexity index is 489. The molecule has 0 aromatic heterocycles. The Morgan fingerprint density at radius 1 is 0.960 bits per heavy atom. The summed E-state index contributed by atoms with van der Waals surface area (Å²) >= 11 is 0. The van der Waals surface area contributed by atoms with Gasteiger partial charge < -0.3 is 14.4 Å². The second-order valence-corrected chi connectivity index (χ2v) is 9.84. The fourth-order valence-electron chi connectivity index (χ4n) is 2.84. The molecule has 0 atom stereocenters. The van der Waals surface area contributed by atoms with Crippen molar-refractivity contribution in [3.05, 3.63) is 0 Å². The van der Waals surface area contributed by atoms with Crippen LogP contribution < -0.4 is 0 Å². The summed E-state index contributed by atoms with van der Waals surface area (Å²) in [6, 6.07) is 0. The average Bonchev–Trinajstić information content (AvgIpc) is 2.44. The van der Waals surface area contributed by atoms with Crippen molar-refractivity contribution in [3.8, 4) is 0 Å². The first-order valence-corrected chi connectivity index (χ1v) is 9.35. The largest absolute Gasteiger partial charge is 0.458 e. The first-order valence-electron chi connectivity index (χ1n) is 9.35. The Hall–Kier alpha value is -1.26. The third-order valence-corrected chi connectivity index (χ3v) is 5.31. The minimum atomic E-state index is -0.560. The van der Waals surface area contributed by atoms with Crippen LogP contribution in [0.1, 0.15) is 81.6 Å². The first kappa shape index (κ1) is 21.8. The standard InChI is InChI=1S/C20H37NO4/c1-10-19(8,9)15(22)24-20(17(2,3)4)11-13-21(14-12-20)16(23)25-18(5,6)7/h10-14H2,1-9H3. The van der Waals surface area contributed by atoms with E-state index in [1.165, 1.54) is 0 Å². The number of nitrogens with zero attached hydrogens (tertiary/aromatic N) is 1. The summed E-state index contributed by atoms with van der Waals surface area (Å²) in [5.41, 5.74) is -1.77. The molecular weight excluding hydrogens is 318 g/mol. The lowest BCUT2D eigenvalue weighted by molar-refractivity contribution is -0.192. The van der Waals surface area contributed by atoms with Crippen molar-refractivity contribution in [1.29, 1.82) is 0 Å². The topological polar surface area (TPSA) is 55.8 Å². The number of hydrogen-bond acceptors (Lipinski definition) is 4. The number of amides is 1. The number of hydrogen-bond donors (Lipinski definition) is 0. The lowest BCUT2D eigenvalue weighted by Gasteiger charge is -2.49. The van der Waals surface area contributed by atoms with Crippen LogP contribution >= 0.6 is 0 Å². The van der Waals surface area contributed by atoms with Crippen LogP contribution in [0.15, 0.2) is 0 Å². The number of carbonyl (C=O) groups is 2. The van der Waals surface area contributed by atoms with Crippen molar-refractivity contribution in [1.82, 2.24) is 4.90 Å². The fourth-order valence-corrected chi connectivity index (χ4v) is 2.84. The molecule has 1 rings (SSSR count). The van der Waals surface area contributed by atoms with Gasteiger partial charge in [0.15, 0.2) is 0 Å². The summed E-state index contributed by atoms with van der Waals surface area (Å²) in [7, 11) is 0. The van der Waals surface area contributed by atoms with Crippen LogP contribution in [0.3, 0.4) is 0 Å². The van der Waals surface area contributed by atoms with Crippen LogP contribution in [0.4, 0.5) is 4.79 Å². The molecule has 1 aliphatic rings. The second-order valence-electron chi connectivity index (χ2n) is 9.84. The average molecular weight is 356 g/mol. The van der Waals surface area contributed by atoms with Gasteiger partial charge in [-0.3, -0.25) is 4.79 Å². The van der Waals surface area contributed by atoms with E-state index in [2.05, 4.69) is 20.8 Å². The fraction of sp³-hybridized carbons (Fsp3) is 0.900. The number of piperidine rings is 1. The van der Waals surface area contributed by atoms with Gasteiger partial charge in [-0.05, 0) is 41.0 Å². The summed E-state index contributed by atoms with van der Waals surface area (Å²) in [6.45, 7) is 18.8. The highest BCUT2D eigenvalue weighted by molar-refractivity contribution is 5.76. The second kappa shape index (κ2) is 7.16. The van der Waals surface area contributed by atoms with Gasteiger partial charge in [-0.25, -0.2) is 4.79 Å². The molecule has 1 saturated heterocycles. The molecule has 1 aliphatic heterocycles. The Labute approximate surface area is 153 Å². The van der Waals surface area contributed by atoms with Gasteiger partial charge in [0, 0.05) is 31.3 Å². The zero-order valence-corrected chi connectivity index (χ0v) is 17.6. The van der Waals surface area contributed by atoms with E-state index in [0.29, 0.717) is 25.9 Å². The summed E-state index contributed by atoms with van der Waals surface area (Å²) in [5.74, 6) is -0.157. The normalized spacial score (nSPS) is 18.7. The van der Waals surface area contributed by atoms with E-state index < -0.39 is 16.6 Å². The molecule has 0 unspecified atom stereocenters. The molecule has 5 nitrogen and oxygen atoms in total. The third-order valence-electron chi connectivity index (χ3n) is 5.31. The van der Waals surface area contributed by atoms with Crippen molar-refractivity contribution in [2.45, 2.75) is 92.8 Å². The Kier molecular flexibility index (Phi) is 6.24. The van der Waals surface area contributed by atoms with Gasteiger partial charge in [0.2, 0.25) is 0 Å². The highest BCUT2D eigenvalue weighted by Crippen LogP contribution is 2.43. The van der Waals surface area contributed by atoms with Crippen molar-refractivity contribution in [3.63, 3.8) is 0 Å². The minimum Gasteiger partial charge on any atom is -0.458 e. The monoisotopic (exact) mass is 355 g/mol. The minimum absolute atomic E-state index is 0.157. The lowest BCUT2D eigenvalue weighted by atomic mass is 9.70. The number of carbonyl (C=O) groups excluding carboxylic acids is 2. The van der Waals surface area contributed by atoms with Crippen LogP contribution in [-0.2, 0) is 14.3 Å². The number of esters is 1. The summed E-state index contributed by atoms with van der Waals surface area (Å²) in [5, 5.41) is 0. The number of ether oxygens (including phenoxy) is 2. The predicted molar refractivity (Wildman–Crippen MR) is 99.4 cm³/mol. The first-order chi connectivity index (χ1) is 11.1. The molecule has 5 heteroatoms. The predicted octanol–water partition coefficient (Wildman–Crippen LogP) is 4.78. The molecule has 1 fully saturated rings. The van der Waals surface area contributed by atoms with Crippen molar-refractivity contribution >= 4 is 12.1 Å². The molecule has 1 heterocycles. The highest BCUT2D eigenvalue weighted by Gasteiger charge is 2.50. The van der Waals surface area contributed by atoms with Crippen LogP contribution in [0.25, 0.3) is 0 Å². The van der Waals surface area contributed by atoms with Crippen molar-refractivity contribution < 1.29 is 19.1 Å². The van der Waals surface area contributed by atoms with E-state index >= 15 is 0 Å². The molecule has 0 spiro atoms. The maximum atomic E-state index is 12.7. The Balaban J connectivity index is 2.89. The Morgan fingerprint density at radius 3 is 1.80 bits per heavy atom. The van der Waals surface area contributed by atoms with Gasteiger partial charge in [0.05, 0.1) is 5.41 Å². The van der Waals surface area contributed by atoms with E-state index in [4.69, 9.17) is 9.47 Å². The van der Waals surface area contributed by atoms with Crippen LogP contribution in [-0.4, -0.2) is 41.3 Å². The van der Waals surface area contributed by atoms with Crippen LogP contribution in [0.5, 0.6) is 0 Å². The molecule has 25 heavy (non-hydrogen) atoms. The smallest absolute Gasteiger partial charge is 0.410 e. The third kappa shape index (κ3) is 5.35. The maximum Gasteiger partial charge on any atom is 0.410 e. The van der Waals surface area contributed by atoms with Gasteiger partial charge in [0.1, 0.15) is 11.2 Å². The van der Waals surface area contributed by atoms with E-state index in [1.54, 1.807) is 4.90 Å². The number of likely N-dealkylation sites (tertiary alicyclic amines) is 1.